The van der Waals surface area contributed by atoms with Crippen LogP contribution in [-0.4, -0.2) is 38.2 Å². The second kappa shape index (κ2) is 6.54. The monoisotopic (exact) mass is 366 g/mol. The summed E-state index contributed by atoms with van der Waals surface area (Å²) in [6.07, 6.45) is 2.45. The van der Waals surface area contributed by atoms with Crippen molar-refractivity contribution in [3.05, 3.63) is 42.1 Å². The number of ether oxygens (including phenoxy) is 3. The SMILES string of the molecule is COc1cc2c(c(OC)c1OC)C(=O)CCN2c1ccc2c(ccn2C)c1. The third kappa shape index (κ3) is 2.60. The third-order valence-corrected chi connectivity index (χ3v) is 5.12. The van der Waals surface area contributed by atoms with Gasteiger partial charge in [-0.05, 0) is 24.3 Å². The molecule has 0 bridgehead atoms. The Bertz CT molecular complexity index is 1040. The summed E-state index contributed by atoms with van der Waals surface area (Å²) in [4.78, 5) is 14.9. The zero-order valence-corrected chi connectivity index (χ0v) is 15.9. The number of aromatic nitrogens is 1. The Morgan fingerprint density at radius 1 is 0.963 bits per heavy atom. The molecule has 0 unspecified atom stereocenters. The number of aryl methyl sites for hydroxylation is 1. The molecule has 6 heteroatoms. The fraction of sp³-hybridized carbons (Fsp3) is 0.286. The van der Waals surface area contributed by atoms with E-state index in [1.807, 2.05) is 19.3 Å². The van der Waals surface area contributed by atoms with E-state index in [0.29, 0.717) is 35.8 Å². The maximum atomic E-state index is 12.7. The maximum Gasteiger partial charge on any atom is 0.204 e. The van der Waals surface area contributed by atoms with Crippen molar-refractivity contribution in [3.63, 3.8) is 0 Å². The number of fused-ring (bicyclic) bond motifs is 2. The number of methoxy groups -OCH3 is 3. The Balaban J connectivity index is 1.92. The smallest absolute Gasteiger partial charge is 0.204 e. The van der Waals surface area contributed by atoms with Crippen molar-refractivity contribution in [1.82, 2.24) is 4.57 Å². The van der Waals surface area contributed by atoms with Gasteiger partial charge in [0.05, 0.1) is 32.6 Å². The highest BCUT2D eigenvalue weighted by Gasteiger charge is 2.32. The topological polar surface area (TPSA) is 52.9 Å². The van der Waals surface area contributed by atoms with Gasteiger partial charge in [-0.25, -0.2) is 0 Å². The number of ketones is 1. The number of carbonyl (C=O) groups is 1. The lowest BCUT2D eigenvalue weighted by Crippen LogP contribution is -2.28. The quantitative estimate of drug-likeness (QED) is 0.700. The molecule has 27 heavy (non-hydrogen) atoms. The lowest BCUT2D eigenvalue weighted by molar-refractivity contribution is 0.0977. The first-order valence-corrected chi connectivity index (χ1v) is 8.77. The molecule has 140 valence electrons. The highest BCUT2D eigenvalue weighted by Crippen LogP contribution is 2.48. The van der Waals surface area contributed by atoms with Crippen LogP contribution in [0.3, 0.4) is 0 Å². The second-order valence-electron chi connectivity index (χ2n) is 6.53. The Hall–Kier alpha value is -3.15. The first-order chi connectivity index (χ1) is 13.1. The standard InChI is InChI=1S/C21H22N2O4/c1-22-9-7-13-11-14(5-6-15(13)22)23-10-8-17(24)19-16(23)12-18(25-2)20(26-3)21(19)27-4/h5-7,9,11-12H,8,10H2,1-4H3. The van der Waals surface area contributed by atoms with Gasteiger partial charge in [0.2, 0.25) is 5.75 Å². The highest BCUT2D eigenvalue weighted by molar-refractivity contribution is 6.08. The average Bonchev–Trinajstić information content (AvgIpc) is 3.06. The van der Waals surface area contributed by atoms with Crippen LogP contribution in [0.4, 0.5) is 11.4 Å². The van der Waals surface area contributed by atoms with Crippen molar-refractivity contribution in [1.29, 1.82) is 0 Å². The van der Waals surface area contributed by atoms with Crippen molar-refractivity contribution in [2.24, 2.45) is 7.05 Å². The van der Waals surface area contributed by atoms with Gasteiger partial charge in [-0.1, -0.05) is 0 Å². The van der Waals surface area contributed by atoms with Crippen LogP contribution < -0.4 is 19.1 Å². The number of hydrogen-bond donors (Lipinski definition) is 0. The summed E-state index contributed by atoms with van der Waals surface area (Å²) in [5, 5.41) is 1.15. The first-order valence-electron chi connectivity index (χ1n) is 8.77. The van der Waals surface area contributed by atoms with E-state index in [4.69, 9.17) is 14.2 Å². The number of nitrogens with zero attached hydrogens (tertiary/aromatic N) is 2. The van der Waals surface area contributed by atoms with Crippen LogP contribution in [0, 0.1) is 0 Å². The van der Waals surface area contributed by atoms with E-state index >= 15 is 0 Å². The molecule has 0 saturated heterocycles. The predicted octanol–water partition coefficient (Wildman–Crippen LogP) is 3.93. The highest BCUT2D eigenvalue weighted by atomic mass is 16.5. The summed E-state index contributed by atoms with van der Waals surface area (Å²) in [6, 6.07) is 10.2. The maximum absolute atomic E-state index is 12.7. The van der Waals surface area contributed by atoms with Gasteiger partial charge in [-0.2, -0.15) is 0 Å². The van der Waals surface area contributed by atoms with Gasteiger partial charge in [0, 0.05) is 48.9 Å². The van der Waals surface area contributed by atoms with E-state index in [2.05, 4.69) is 33.7 Å². The van der Waals surface area contributed by atoms with Gasteiger partial charge in [0.25, 0.3) is 0 Å². The molecule has 2 heterocycles. The van der Waals surface area contributed by atoms with Crippen LogP contribution >= 0.6 is 0 Å². The first kappa shape index (κ1) is 17.3. The van der Waals surface area contributed by atoms with Crippen LogP contribution in [0.2, 0.25) is 0 Å². The van der Waals surface area contributed by atoms with E-state index in [-0.39, 0.29) is 5.78 Å². The van der Waals surface area contributed by atoms with Crippen molar-refractivity contribution >= 4 is 28.1 Å². The van der Waals surface area contributed by atoms with Crippen LogP contribution in [0.15, 0.2) is 36.5 Å². The minimum Gasteiger partial charge on any atom is -0.493 e. The molecular formula is C21H22N2O4. The fourth-order valence-corrected chi connectivity index (χ4v) is 3.79. The molecule has 2 aromatic carbocycles. The molecule has 1 aliphatic heterocycles. The molecule has 0 N–H and O–H groups in total. The number of hydrogen-bond acceptors (Lipinski definition) is 5. The summed E-state index contributed by atoms with van der Waals surface area (Å²) >= 11 is 0. The van der Waals surface area contributed by atoms with Crippen LogP contribution in [0.1, 0.15) is 16.8 Å². The summed E-state index contributed by atoms with van der Waals surface area (Å²) in [6.45, 7) is 0.600. The Kier molecular flexibility index (Phi) is 4.18. The molecule has 0 radical (unpaired) electrons. The molecule has 1 aliphatic rings. The molecule has 4 rings (SSSR count). The third-order valence-electron chi connectivity index (χ3n) is 5.12. The summed E-state index contributed by atoms with van der Waals surface area (Å²) in [7, 11) is 6.69. The van der Waals surface area contributed by atoms with Crippen molar-refractivity contribution in [2.75, 3.05) is 32.8 Å². The zero-order chi connectivity index (χ0) is 19.1. The fourth-order valence-electron chi connectivity index (χ4n) is 3.79. The molecular weight excluding hydrogens is 344 g/mol. The van der Waals surface area contributed by atoms with Gasteiger partial charge in [-0.3, -0.25) is 4.79 Å². The molecule has 6 nitrogen and oxygen atoms in total. The van der Waals surface area contributed by atoms with E-state index in [0.717, 1.165) is 22.3 Å². The van der Waals surface area contributed by atoms with Crippen LogP contribution in [-0.2, 0) is 7.05 Å². The number of carbonyl (C=O) groups excluding carboxylic acids is 1. The van der Waals surface area contributed by atoms with Gasteiger partial charge in [-0.15, -0.1) is 0 Å². The molecule has 3 aromatic rings. The minimum atomic E-state index is 0.0415. The van der Waals surface area contributed by atoms with Crippen molar-refractivity contribution in [2.45, 2.75) is 6.42 Å². The molecule has 0 aliphatic carbocycles. The molecule has 1 aromatic heterocycles. The molecule has 0 saturated carbocycles. The Morgan fingerprint density at radius 2 is 1.74 bits per heavy atom. The molecule has 0 spiro atoms. The number of benzene rings is 2. The van der Waals surface area contributed by atoms with Crippen molar-refractivity contribution in [3.8, 4) is 17.2 Å². The van der Waals surface area contributed by atoms with E-state index in [9.17, 15) is 4.79 Å². The molecule has 0 atom stereocenters. The molecule has 0 fully saturated rings. The zero-order valence-electron chi connectivity index (χ0n) is 15.9. The largest absolute Gasteiger partial charge is 0.493 e. The number of rotatable bonds is 4. The van der Waals surface area contributed by atoms with Gasteiger partial charge >= 0.3 is 0 Å². The predicted molar refractivity (Wildman–Crippen MR) is 105 cm³/mol. The summed E-state index contributed by atoms with van der Waals surface area (Å²) in [5.74, 6) is 1.43. The number of Topliss-reactive ketones (excluding diaryl/α,β-unsaturated/α-hetero) is 1. The average molecular weight is 366 g/mol. The second-order valence-corrected chi connectivity index (χ2v) is 6.53. The normalized spacial score (nSPS) is 13.6. The van der Waals surface area contributed by atoms with E-state index < -0.39 is 0 Å². The Labute approximate surface area is 157 Å². The minimum absolute atomic E-state index is 0.0415. The molecule has 0 amide bonds. The van der Waals surface area contributed by atoms with Gasteiger partial charge in [0.15, 0.2) is 17.3 Å². The van der Waals surface area contributed by atoms with Crippen molar-refractivity contribution < 1.29 is 19.0 Å². The lowest BCUT2D eigenvalue weighted by atomic mass is 9.97. The van der Waals surface area contributed by atoms with E-state index in [1.54, 1.807) is 21.3 Å². The van der Waals surface area contributed by atoms with Crippen LogP contribution in [0.5, 0.6) is 17.2 Å². The summed E-state index contributed by atoms with van der Waals surface area (Å²) < 4.78 is 18.6. The Morgan fingerprint density at radius 3 is 2.44 bits per heavy atom. The van der Waals surface area contributed by atoms with Gasteiger partial charge < -0.3 is 23.7 Å². The number of anilines is 2. The summed E-state index contributed by atoms with van der Waals surface area (Å²) in [5.41, 5.74) is 3.50. The van der Waals surface area contributed by atoms with Gasteiger partial charge in [0.1, 0.15) is 0 Å². The lowest BCUT2D eigenvalue weighted by Gasteiger charge is -2.32. The van der Waals surface area contributed by atoms with Crippen LogP contribution in [0.25, 0.3) is 10.9 Å². The van der Waals surface area contributed by atoms with E-state index in [1.165, 1.54) is 0 Å².